The Hall–Kier alpha value is -3.75. The molecule has 0 bridgehead atoms. The minimum atomic E-state index is -0.879. The van der Waals surface area contributed by atoms with Gasteiger partial charge in [-0.15, -0.1) is 0 Å². The van der Waals surface area contributed by atoms with E-state index in [9.17, 15) is 19.2 Å². The predicted molar refractivity (Wildman–Crippen MR) is 217 cm³/mol. The highest BCUT2D eigenvalue weighted by molar-refractivity contribution is 5.88. The number of methoxy groups -OCH3 is 3. The number of likely N-dealkylation sites (tertiary alicyclic amines) is 1. The molecule has 1 heterocycles. The van der Waals surface area contributed by atoms with Crippen LogP contribution in [-0.2, 0) is 39.8 Å². The van der Waals surface area contributed by atoms with Gasteiger partial charge in [-0.25, -0.2) is 9.79 Å². The van der Waals surface area contributed by atoms with E-state index in [1.165, 1.54) is 7.11 Å². The molecule has 8 atom stereocenters. The van der Waals surface area contributed by atoms with Crippen molar-refractivity contribution in [1.29, 1.82) is 0 Å². The Kier molecular flexibility index (Phi) is 20.1. The number of likely N-dealkylation sites (N-methyl/N-ethyl adjacent to an activating group) is 3. The van der Waals surface area contributed by atoms with Gasteiger partial charge in [0.2, 0.25) is 17.7 Å². The molecule has 312 valence electrons. The summed E-state index contributed by atoms with van der Waals surface area (Å²) in [4.78, 5) is 67.5. The first-order chi connectivity index (χ1) is 26.1. The van der Waals surface area contributed by atoms with Gasteiger partial charge in [0.15, 0.2) is 5.96 Å². The normalized spacial score (nSPS) is 18.5. The number of carbonyl (C=O) groups excluding carboxylic acids is 4. The van der Waals surface area contributed by atoms with Crippen molar-refractivity contribution in [3.05, 3.63) is 35.9 Å². The smallest absolute Gasteiger partial charge is 0.328 e. The summed E-state index contributed by atoms with van der Waals surface area (Å²) in [5, 5.41) is 6.04. The molecule has 0 saturated carbocycles. The van der Waals surface area contributed by atoms with Crippen molar-refractivity contribution in [2.75, 3.05) is 76.2 Å². The van der Waals surface area contributed by atoms with E-state index in [0.29, 0.717) is 18.9 Å². The van der Waals surface area contributed by atoms with Gasteiger partial charge < -0.3 is 44.4 Å². The molecule has 2 rings (SSSR count). The van der Waals surface area contributed by atoms with Crippen LogP contribution in [0.2, 0.25) is 0 Å². The largest absolute Gasteiger partial charge is 0.467 e. The third-order valence-electron chi connectivity index (χ3n) is 10.9. The zero-order chi connectivity index (χ0) is 41.4. The first-order valence-corrected chi connectivity index (χ1v) is 19.7. The van der Waals surface area contributed by atoms with Crippen molar-refractivity contribution in [1.82, 2.24) is 30.2 Å². The van der Waals surface area contributed by atoms with E-state index < -0.39 is 42.2 Å². The third-order valence-corrected chi connectivity index (χ3v) is 10.9. The number of hydrogen-bond acceptors (Lipinski definition) is 9. The lowest BCUT2D eigenvalue weighted by atomic mass is 9.89. The lowest BCUT2D eigenvalue weighted by molar-refractivity contribution is -0.148. The van der Waals surface area contributed by atoms with Crippen molar-refractivity contribution in [2.24, 2.45) is 22.7 Å². The monoisotopic (exact) mass is 774 g/mol. The van der Waals surface area contributed by atoms with Crippen LogP contribution in [0.3, 0.4) is 0 Å². The molecule has 1 fully saturated rings. The zero-order valence-electron chi connectivity index (χ0n) is 35.8. The average molecular weight is 774 g/mol. The van der Waals surface area contributed by atoms with Gasteiger partial charge in [0, 0.05) is 68.5 Å². The van der Waals surface area contributed by atoms with Crippen LogP contribution in [0.4, 0.5) is 0 Å². The minimum absolute atomic E-state index is 0.0126. The Balaban J connectivity index is 2.32. The summed E-state index contributed by atoms with van der Waals surface area (Å²) in [5.41, 5.74) is 0.885. The van der Waals surface area contributed by atoms with Gasteiger partial charge in [0.25, 0.3) is 0 Å². The van der Waals surface area contributed by atoms with Crippen LogP contribution in [0.15, 0.2) is 35.3 Å². The van der Waals surface area contributed by atoms with Crippen LogP contribution in [0, 0.1) is 17.8 Å². The second-order valence-electron chi connectivity index (χ2n) is 15.4. The van der Waals surface area contributed by atoms with Crippen molar-refractivity contribution < 1.29 is 33.4 Å². The lowest BCUT2D eigenvalue weighted by Crippen LogP contribution is -2.55. The number of rotatable bonds is 21. The predicted octanol–water partition coefficient (Wildman–Crippen LogP) is 2.90. The number of aliphatic imine (C=N–C) groups is 1. The SMILES string of the molecule is CC[C@H](C)[C@@H]([C@@H](CC(=O)N1CCC[C@H]1[C@H](OC)[C@@H](C)C(=O)N[C@@H](Cc1ccccc1)C(=O)OC)OC)N(C)C(=O)[C@@H](/N=C(\N(C)C)N(C)CCNC)C(C)C. The molecule has 0 aromatic heterocycles. The Bertz CT molecular complexity index is 1380. The number of guanidine groups is 1. The quantitative estimate of drug-likeness (QED) is 0.109. The Morgan fingerprint density at radius 3 is 2.16 bits per heavy atom. The van der Waals surface area contributed by atoms with E-state index in [-0.39, 0.29) is 48.4 Å². The Morgan fingerprint density at radius 2 is 1.64 bits per heavy atom. The highest BCUT2D eigenvalue weighted by atomic mass is 16.5. The fourth-order valence-electron chi connectivity index (χ4n) is 7.55. The maximum absolute atomic E-state index is 14.4. The molecule has 1 aliphatic rings. The summed E-state index contributed by atoms with van der Waals surface area (Å²) in [6, 6.07) is 7.12. The fourth-order valence-corrected chi connectivity index (χ4v) is 7.55. The van der Waals surface area contributed by atoms with Crippen LogP contribution in [0.1, 0.15) is 65.9 Å². The van der Waals surface area contributed by atoms with Crippen molar-refractivity contribution in [3.63, 3.8) is 0 Å². The molecule has 1 saturated heterocycles. The summed E-state index contributed by atoms with van der Waals surface area (Å²) in [5.74, 6) is -1.21. The molecule has 14 heteroatoms. The number of amides is 3. The molecule has 2 N–H and O–H groups in total. The van der Waals surface area contributed by atoms with Gasteiger partial charge in [-0.1, -0.05) is 71.4 Å². The number of hydrogen-bond donors (Lipinski definition) is 2. The van der Waals surface area contributed by atoms with Crippen molar-refractivity contribution >= 4 is 29.7 Å². The summed E-state index contributed by atoms with van der Waals surface area (Å²) < 4.78 is 17.0. The minimum Gasteiger partial charge on any atom is -0.467 e. The molecular formula is C41H71N7O7. The van der Waals surface area contributed by atoms with E-state index >= 15 is 0 Å². The number of nitrogens with one attached hydrogen (secondary N) is 2. The molecule has 0 spiro atoms. The number of ether oxygens (including phenoxy) is 3. The first-order valence-electron chi connectivity index (χ1n) is 19.7. The highest BCUT2D eigenvalue weighted by Gasteiger charge is 2.43. The van der Waals surface area contributed by atoms with E-state index in [1.807, 2.05) is 82.2 Å². The summed E-state index contributed by atoms with van der Waals surface area (Å²) in [6.45, 7) is 11.9. The van der Waals surface area contributed by atoms with E-state index in [2.05, 4.69) is 24.5 Å². The summed E-state index contributed by atoms with van der Waals surface area (Å²) in [6.07, 6.45) is 1.27. The number of benzene rings is 1. The van der Waals surface area contributed by atoms with Gasteiger partial charge in [-0.2, -0.15) is 0 Å². The number of esters is 1. The zero-order valence-corrected chi connectivity index (χ0v) is 35.8. The topological polar surface area (TPSA) is 145 Å². The average Bonchev–Trinajstić information content (AvgIpc) is 3.65. The Labute approximate surface area is 330 Å². The molecule has 1 aromatic rings. The van der Waals surface area contributed by atoms with Crippen LogP contribution >= 0.6 is 0 Å². The molecule has 3 amide bonds. The summed E-state index contributed by atoms with van der Waals surface area (Å²) in [7, 11) is 13.9. The highest BCUT2D eigenvalue weighted by Crippen LogP contribution is 2.30. The van der Waals surface area contributed by atoms with Crippen molar-refractivity contribution in [2.45, 2.75) is 103 Å². The molecule has 14 nitrogen and oxygen atoms in total. The molecule has 0 unspecified atom stereocenters. The number of nitrogens with zero attached hydrogens (tertiary/aromatic N) is 5. The van der Waals surface area contributed by atoms with Gasteiger partial charge in [0.1, 0.15) is 12.1 Å². The van der Waals surface area contributed by atoms with Crippen LogP contribution < -0.4 is 10.6 Å². The van der Waals surface area contributed by atoms with Crippen LogP contribution in [-0.4, -0.2) is 162 Å². The van der Waals surface area contributed by atoms with Crippen molar-refractivity contribution in [3.8, 4) is 0 Å². The number of carbonyl (C=O) groups is 4. The molecule has 0 radical (unpaired) electrons. The summed E-state index contributed by atoms with van der Waals surface area (Å²) >= 11 is 0. The van der Waals surface area contributed by atoms with Gasteiger partial charge >= 0.3 is 5.97 Å². The van der Waals surface area contributed by atoms with Gasteiger partial charge in [-0.05, 0) is 37.3 Å². The second-order valence-corrected chi connectivity index (χ2v) is 15.4. The Morgan fingerprint density at radius 1 is 0.982 bits per heavy atom. The maximum Gasteiger partial charge on any atom is 0.328 e. The first kappa shape index (κ1) is 47.4. The molecule has 0 aliphatic carbocycles. The maximum atomic E-state index is 14.4. The van der Waals surface area contributed by atoms with Gasteiger partial charge in [0.05, 0.1) is 43.7 Å². The van der Waals surface area contributed by atoms with Gasteiger partial charge in [-0.3, -0.25) is 14.4 Å². The van der Waals surface area contributed by atoms with E-state index in [1.54, 1.807) is 38.0 Å². The van der Waals surface area contributed by atoms with E-state index in [0.717, 1.165) is 31.5 Å². The molecular weight excluding hydrogens is 702 g/mol. The third kappa shape index (κ3) is 13.2. The molecule has 1 aliphatic heterocycles. The van der Waals surface area contributed by atoms with E-state index in [4.69, 9.17) is 19.2 Å². The molecule has 1 aromatic carbocycles. The fraction of sp³-hybridized carbons (Fsp3) is 0.732. The van der Waals surface area contributed by atoms with Crippen LogP contribution in [0.5, 0.6) is 0 Å². The standard InChI is InChI=1S/C41H71N7O7/c1-14-28(4)36(47(10)39(51)35(27(2)3)44-41(45(7)8)46(9)24-22-42-6)33(53-11)26-34(49)48-23-18-21-32(48)37(54-12)29(5)38(50)43-31(40(52)55-13)25-30-19-16-15-17-20-30/h15-17,19-20,27-29,31-33,35-37,42H,14,18,21-26H2,1-13H3,(H,43,50)/b44-41+/t28-,29+,31-,32-,33+,35-,36-,37+/m0/s1. The second kappa shape index (κ2) is 23.3. The van der Waals surface area contributed by atoms with Crippen LogP contribution in [0.25, 0.3) is 0 Å². The molecule has 55 heavy (non-hydrogen) atoms. The lowest BCUT2D eigenvalue weighted by Gasteiger charge is -2.40.